The van der Waals surface area contributed by atoms with E-state index in [9.17, 15) is 18.0 Å². The summed E-state index contributed by atoms with van der Waals surface area (Å²) in [6, 6.07) is 7.50. The number of hydrogen-bond acceptors (Lipinski definition) is 2. The van der Waals surface area contributed by atoms with Gasteiger partial charge in [-0.05, 0) is 55.7 Å². The molecule has 0 saturated carbocycles. The van der Waals surface area contributed by atoms with Crippen LogP contribution in [0, 0.1) is 5.92 Å². The van der Waals surface area contributed by atoms with Gasteiger partial charge in [0.2, 0.25) is 0 Å². The van der Waals surface area contributed by atoms with Crippen LogP contribution in [0.5, 0.6) is 0 Å². The number of aromatic nitrogens is 2. The Morgan fingerprint density at radius 2 is 2.04 bits per heavy atom. The summed E-state index contributed by atoms with van der Waals surface area (Å²) in [5.74, 6) is 0.174. The first-order chi connectivity index (χ1) is 13.4. The second-order valence-electron chi connectivity index (χ2n) is 7.39. The van der Waals surface area contributed by atoms with Gasteiger partial charge in [0.15, 0.2) is 0 Å². The van der Waals surface area contributed by atoms with E-state index in [1.807, 2.05) is 11.8 Å². The molecule has 1 fully saturated rings. The smallest absolute Gasteiger partial charge is 0.337 e. The SMILES string of the molecule is CCCn1nccc1C(=O)N1CCCC(CCc2ccccc2C(F)(F)F)C1. The highest BCUT2D eigenvalue weighted by molar-refractivity contribution is 5.92. The monoisotopic (exact) mass is 393 g/mol. The van der Waals surface area contributed by atoms with Crippen LogP contribution in [0.15, 0.2) is 36.5 Å². The Morgan fingerprint density at radius 1 is 1.25 bits per heavy atom. The first-order valence-electron chi connectivity index (χ1n) is 9.86. The number of rotatable bonds is 6. The van der Waals surface area contributed by atoms with Gasteiger partial charge in [0, 0.05) is 25.8 Å². The van der Waals surface area contributed by atoms with E-state index in [4.69, 9.17) is 0 Å². The fourth-order valence-corrected chi connectivity index (χ4v) is 3.93. The number of amides is 1. The molecular formula is C21H26F3N3O. The molecule has 7 heteroatoms. The molecule has 3 rings (SSSR count). The van der Waals surface area contributed by atoms with Crippen molar-refractivity contribution in [1.82, 2.24) is 14.7 Å². The van der Waals surface area contributed by atoms with E-state index in [0.29, 0.717) is 43.7 Å². The van der Waals surface area contributed by atoms with E-state index in [2.05, 4.69) is 5.10 Å². The van der Waals surface area contributed by atoms with E-state index in [1.165, 1.54) is 6.07 Å². The highest BCUT2D eigenvalue weighted by Gasteiger charge is 2.33. The molecule has 0 radical (unpaired) electrons. The predicted octanol–water partition coefficient (Wildman–Crippen LogP) is 4.80. The molecule has 2 heterocycles. The lowest BCUT2D eigenvalue weighted by molar-refractivity contribution is -0.138. The average molecular weight is 393 g/mol. The summed E-state index contributed by atoms with van der Waals surface area (Å²) in [5.41, 5.74) is 0.367. The van der Waals surface area contributed by atoms with Gasteiger partial charge in [-0.2, -0.15) is 18.3 Å². The van der Waals surface area contributed by atoms with Crippen molar-refractivity contribution < 1.29 is 18.0 Å². The van der Waals surface area contributed by atoms with Gasteiger partial charge in [0.05, 0.1) is 5.56 Å². The van der Waals surface area contributed by atoms with Gasteiger partial charge in [0.25, 0.3) is 5.91 Å². The summed E-state index contributed by atoms with van der Waals surface area (Å²) in [6.45, 7) is 4.00. The van der Waals surface area contributed by atoms with Crippen molar-refractivity contribution in [3.05, 3.63) is 53.3 Å². The largest absolute Gasteiger partial charge is 0.416 e. The van der Waals surface area contributed by atoms with E-state index < -0.39 is 11.7 Å². The Hall–Kier alpha value is -2.31. The summed E-state index contributed by atoms with van der Waals surface area (Å²) in [7, 11) is 0. The molecule has 4 nitrogen and oxygen atoms in total. The third-order valence-corrected chi connectivity index (χ3v) is 5.32. The molecular weight excluding hydrogens is 367 g/mol. The standard InChI is InChI=1S/C21H26F3N3O/c1-2-13-27-19(11-12-25-27)20(28)26-14-5-6-16(15-26)9-10-17-7-3-4-8-18(17)21(22,23)24/h3-4,7-8,11-12,16H,2,5-6,9-10,13-15H2,1H3. The first kappa shape index (κ1) is 20.4. The molecule has 28 heavy (non-hydrogen) atoms. The van der Waals surface area contributed by atoms with Crippen LogP contribution in [-0.4, -0.2) is 33.7 Å². The lowest BCUT2D eigenvalue weighted by Crippen LogP contribution is -2.41. The summed E-state index contributed by atoms with van der Waals surface area (Å²) >= 11 is 0. The van der Waals surface area contributed by atoms with Crippen molar-refractivity contribution in [2.75, 3.05) is 13.1 Å². The molecule has 1 amide bonds. The fraction of sp³-hybridized carbons (Fsp3) is 0.524. The quantitative estimate of drug-likeness (QED) is 0.707. The number of benzene rings is 1. The normalized spacial score (nSPS) is 17.7. The highest BCUT2D eigenvalue weighted by atomic mass is 19.4. The number of alkyl halides is 3. The molecule has 2 aromatic rings. The lowest BCUT2D eigenvalue weighted by atomic mass is 9.90. The lowest BCUT2D eigenvalue weighted by Gasteiger charge is -2.33. The zero-order valence-corrected chi connectivity index (χ0v) is 16.1. The minimum Gasteiger partial charge on any atom is -0.337 e. The van der Waals surface area contributed by atoms with Gasteiger partial charge in [0.1, 0.15) is 5.69 Å². The van der Waals surface area contributed by atoms with Gasteiger partial charge >= 0.3 is 6.18 Å². The molecule has 0 bridgehead atoms. The third kappa shape index (κ3) is 4.75. The van der Waals surface area contributed by atoms with E-state index in [1.54, 1.807) is 29.1 Å². The molecule has 152 valence electrons. The number of nitrogens with zero attached hydrogens (tertiary/aromatic N) is 3. The maximum absolute atomic E-state index is 13.2. The second-order valence-corrected chi connectivity index (χ2v) is 7.39. The number of hydrogen-bond donors (Lipinski definition) is 0. The van der Waals surface area contributed by atoms with Gasteiger partial charge in [-0.3, -0.25) is 9.48 Å². The van der Waals surface area contributed by atoms with Crippen molar-refractivity contribution in [2.45, 2.75) is 51.7 Å². The van der Waals surface area contributed by atoms with Crippen molar-refractivity contribution in [3.63, 3.8) is 0 Å². The van der Waals surface area contributed by atoms with Crippen LogP contribution >= 0.6 is 0 Å². The molecule has 0 N–H and O–H groups in total. The molecule has 1 aliphatic rings. The summed E-state index contributed by atoms with van der Waals surface area (Å²) in [6.07, 6.45) is 1.02. The minimum absolute atomic E-state index is 0.0358. The van der Waals surface area contributed by atoms with Crippen molar-refractivity contribution in [3.8, 4) is 0 Å². The van der Waals surface area contributed by atoms with Gasteiger partial charge in [-0.25, -0.2) is 0 Å². The topological polar surface area (TPSA) is 38.1 Å². The molecule has 1 aromatic carbocycles. The predicted molar refractivity (Wildman–Crippen MR) is 101 cm³/mol. The molecule has 1 saturated heterocycles. The third-order valence-electron chi connectivity index (χ3n) is 5.32. The van der Waals surface area contributed by atoms with Gasteiger partial charge in [-0.1, -0.05) is 25.1 Å². The fourth-order valence-electron chi connectivity index (χ4n) is 3.93. The Labute approximate surface area is 163 Å². The van der Waals surface area contributed by atoms with Crippen LogP contribution < -0.4 is 0 Å². The van der Waals surface area contributed by atoms with Gasteiger partial charge < -0.3 is 4.90 Å². The van der Waals surface area contributed by atoms with Crippen LogP contribution in [0.4, 0.5) is 13.2 Å². The Morgan fingerprint density at radius 3 is 2.79 bits per heavy atom. The number of piperidine rings is 1. The van der Waals surface area contributed by atoms with Crippen LogP contribution in [0.2, 0.25) is 0 Å². The summed E-state index contributed by atoms with van der Waals surface area (Å²) < 4.78 is 41.3. The highest BCUT2D eigenvalue weighted by Crippen LogP contribution is 2.33. The average Bonchev–Trinajstić information content (AvgIpc) is 3.14. The zero-order valence-electron chi connectivity index (χ0n) is 16.1. The van der Waals surface area contributed by atoms with Gasteiger partial charge in [-0.15, -0.1) is 0 Å². The maximum atomic E-state index is 13.2. The van der Waals surface area contributed by atoms with E-state index in [0.717, 1.165) is 25.3 Å². The number of aryl methyl sites for hydroxylation is 2. The van der Waals surface area contributed by atoms with Crippen molar-refractivity contribution in [1.29, 1.82) is 0 Å². The van der Waals surface area contributed by atoms with E-state index in [-0.39, 0.29) is 11.8 Å². The summed E-state index contributed by atoms with van der Waals surface area (Å²) in [5, 5.41) is 4.21. The maximum Gasteiger partial charge on any atom is 0.416 e. The molecule has 0 aliphatic carbocycles. The molecule has 1 atom stereocenters. The van der Waals surface area contributed by atoms with Crippen LogP contribution in [0.1, 0.15) is 54.2 Å². The Balaban J connectivity index is 1.63. The van der Waals surface area contributed by atoms with Crippen LogP contribution in [0.3, 0.4) is 0 Å². The Kier molecular flexibility index (Phi) is 6.42. The van der Waals surface area contributed by atoms with E-state index >= 15 is 0 Å². The van der Waals surface area contributed by atoms with Crippen LogP contribution in [-0.2, 0) is 19.1 Å². The number of likely N-dealkylation sites (tertiary alicyclic amines) is 1. The Bertz CT molecular complexity index is 800. The van der Waals surface area contributed by atoms with Crippen molar-refractivity contribution >= 4 is 5.91 Å². The number of carbonyl (C=O) groups is 1. The minimum atomic E-state index is -4.33. The van der Waals surface area contributed by atoms with Crippen LogP contribution in [0.25, 0.3) is 0 Å². The molecule has 1 aromatic heterocycles. The van der Waals surface area contributed by atoms with Crippen molar-refractivity contribution in [2.24, 2.45) is 5.92 Å². The first-order valence-corrected chi connectivity index (χ1v) is 9.86. The molecule has 1 unspecified atom stereocenters. The molecule has 0 spiro atoms. The number of carbonyl (C=O) groups excluding carboxylic acids is 1. The summed E-state index contributed by atoms with van der Waals surface area (Å²) in [4.78, 5) is 14.7. The molecule has 1 aliphatic heterocycles. The zero-order chi connectivity index (χ0) is 20.1. The number of halogens is 3. The second kappa shape index (κ2) is 8.80.